The topological polar surface area (TPSA) is 42.3 Å². The Labute approximate surface area is 147 Å². The molecule has 1 unspecified atom stereocenters. The van der Waals surface area contributed by atoms with Gasteiger partial charge in [0, 0.05) is 31.2 Å². The number of benzene rings is 1. The molecule has 4 rings (SSSR count). The van der Waals surface area contributed by atoms with Gasteiger partial charge in [0.1, 0.15) is 5.82 Å². The van der Waals surface area contributed by atoms with Crippen molar-refractivity contribution in [3.63, 3.8) is 0 Å². The Kier molecular flexibility index (Phi) is 5.03. The van der Waals surface area contributed by atoms with Crippen molar-refractivity contribution in [3.05, 3.63) is 29.0 Å². The van der Waals surface area contributed by atoms with Crippen molar-refractivity contribution in [1.29, 1.82) is 0 Å². The maximum atomic E-state index is 6.24. The third-order valence-electron chi connectivity index (χ3n) is 5.07. The van der Waals surface area contributed by atoms with Gasteiger partial charge in [0.05, 0.1) is 30.3 Å². The van der Waals surface area contributed by atoms with Crippen molar-refractivity contribution in [2.45, 2.75) is 31.8 Å². The number of halogens is 1. The third-order valence-corrected chi connectivity index (χ3v) is 5.31. The van der Waals surface area contributed by atoms with Gasteiger partial charge in [-0.3, -0.25) is 4.90 Å². The van der Waals surface area contributed by atoms with Gasteiger partial charge in [-0.05, 0) is 44.0 Å². The molecule has 0 radical (unpaired) electrons. The largest absolute Gasteiger partial charge is 0.379 e. The molecule has 2 aromatic rings. The monoisotopic (exact) mass is 348 g/mol. The van der Waals surface area contributed by atoms with Gasteiger partial charge in [-0.15, -0.1) is 0 Å². The smallest absolute Gasteiger partial charge is 0.127 e. The highest BCUT2D eigenvalue weighted by Crippen LogP contribution is 2.28. The summed E-state index contributed by atoms with van der Waals surface area (Å²) in [4.78, 5) is 7.40. The number of nitrogens with one attached hydrogen (secondary N) is 1. The zero-order valence-corrected chi connectivity index (χ0v) is 14.8. The molecule has 1 aromatic heterocycles. The highest BCUT2D eigenvalue weighted by atomic mass is 35.5. The molecule has 0 saturated carbocycles. The van der Waals surface area contributed by atoms with Crippen LogP contribution in [0.2, 0.25) is 5.02 Å². The second-order valence-corrected chi connectivity index (χ2v) is 7.15. The molecule has 2 saturated heterocycles. The molecule has 24 heavy (non-hydrogen) atoms. The Morgan fingerprint density at radius 1 is 1.25 bits per heavy atom. The van der Waals surface area contributed by atoms with Crippen LogP contribution >= 0.6 is 11.6 Å². The van der Waals surface area contributed by atoms with E-state index in [0.29, 0.717) is 6.04 Å². The van der Waals surface area contributed by atoms with E-state index in [1.165, 1.54) is 18.7 Å². The van der Waals surface area contributed by atoms with E-state index in [2.05, 4.69) is 20.9 Å². The normalized spacial score (nSPS) is 22.5. The van der Waals surface area contributed by atoms with Crippen LogP contribution in [0.3, 0.4) is 0 Å². The van der Waals surface area contributed by atoms with E-state index < -0.39 is 0 Å². The summed E-state index contributed by atoms with van der Waals surface area (Å²) in [5, 5.41) is 4.37. The quantitative estimate of drug-likeness (QED) is 0.902. The molecule has 0 aliphatic carbocycles. The lowest BCUT2D eigenvalue weighted by molar-refractivity contribution is 0.0369. The van der Waals surface area contributed by atoms with Crippen molar-refractivity contribution in [2.75, 3.05) is 39.4 Å². The fourth-order valence-electron chi connectivity index (χ4n) is 3.80. The molecule has 0 amide bonds. The van der Waals surface area contributed by atoms with Gasteiger partial charge in [0.2, 0.25) is 0 Å². The minimum absolute atomic E-state index is 0.375. The molecule has 3 heterocycles. The molecule has 1 atom stereocenters. The van der Waals surface area contributed by atoms with Crippen molar-refractivity contribution < 1.29 is 4.74 Å². The van der Waals surface area contributed by atoms with Crippen LogP contribution < -0.4 is 5.32 Å². The molecule has 6 heteroatoms. The Morgan fingerprint density at radius 3 is 2.92 bits per heavy atom. The number of ether oxygens (including phenoxy) is 1. The van der Waals surface area contributed by atoms with Crippen LogP contribution in [0.1, 0.15) is 31.1 Å². The molecule has 0 spiro atoms. The Bertz CT molecular complexity index is 690. The molecule has 5 nitrogen and oxygen atoms in total. The summed E-state index contributed by atoms with van der Waals surface area (Å²) in [6.45, 7) is 7.01. The van der Waals surface area contributed by atoms with Crippen molar-refractivity contribution in [2.24, 2.45) is 0 Å². The lowest BCUT2D eigenvalue weighted by Crippen LogP contribution is -2.37. The standard InChI is InChI=1S/C18H25ClN4O/c19-14-4-5-15-17(13-14)23(18(21-15)16-3-1-6-20-16)8-2-7-22-9-11-24-12-10-22/h4-5,13,16,20H,1-3,6-12H2. The van der Waals surface area contributed by atoms with E-state index in [0.717, 1.165) is 68.4 Å². The average Bonchev–Trinajstić information content (AvgIpc) is 3.24. The minimum atomic E-state index is 0.375. The molecule has 130 valence electrons. The maximum absolute atomic E-state index is 6.24. The van der Waals surface area contributed by atoms with Crippen LogP contribution in [-0.4, -0.2) is 53.8 Å². The molecule has 0 bridgehead atoms. The van der Waals surface area contributed by atoms with Gasteiger partial charge in [-0.1, -0.05) is 11.6 Å². The zero-order chi connectivity index (χ0) is 16.4. The number of hydrogen-bond donors (Lipinski definition) is 1. The van der Waals surface area contributed by atoms with Crippen molar-refractivity contribution in [3.8, 4) is 0 Å². The first-order valence-corrected chi connectivity index (χ1v) is 9.38. The first kappa shape index (κ1) is 16.3. The summed E-state index contributed by atoms with van der Waals surface area (Å²) in [6.07, 6.45) is 3.51. The predicted octanol–water partition coefficient (Wildman–Crippen LogP) is 2.84. The summed E-state index contributed by atoms with van der Waals surface area (Å²) < 4.78 is 7.81. The highest BCUT2D eigenvalue weighted by Gasteiger charge is 2.23. The van der Waals surface area contributed by atoms with Gasteiger partial charge in [0.25, 0.3) is 0 Å². The van der Waals surface area contributed by atoms with E-state index in [1.54, 1.807) is 0 Å². The zero-order valence-electron chi connectivity index (χ0n) is 14.0. The van der Waals surface area contributed by atoms with E-state index in [-0.39, 0.29) is 0 Å². The van der Waals surface area contributed by atoms with Crippen LogP contribution in [0.25, 0.3) is 11.0 Å². The van der Waals surface area contributed by atoms with Crippen LogP contribution in [-0.2, 0) is 11.3 Å². The van der Waals surface area contributed by atoms with Crippen LogP contribution in [0.5, 0.6) is 0 Å². The lowest BCUT2D eigenvalue weighted by atomic mass is 10.2. The van der Waals surface area contributed by atoms with E-state index in [4.69, 9.17) is 21.3 Å². The SMILES string of the molecule is Clc1ccc2nc(C3CCCN3)n(CCCN3CCOCC3)c2c1. The van der Waals surface area contributed by atoms with Gasteiger partial charge < -0.3 is 14.6 Å². The van der Waals surface area contributed by atoms with E-state index >= 15 is 0 Å². The second kappa shape index (κ2) is 7.40. The van der Waals surface area contributed by atoms with Crippen LogP contribution in [0.15, 0.2) is 18.2 Å². The number of fused-ring (bicyclic) bond motifs is 1. The number of hydrogen-bond acceptors (Lipinski definition) is 4. The van der Waals surface area contributed by atoms with E-state index in [1.807, 2.05) is 12.1 Å². The molecule has 2 fully saturated rings. The molecular weight excluding hydrogens is 324 g/mol. The number of nitrogens with zero attached hydrogens (tertiary/aromatic N) is 3. The number of imidazole rings is 1. The fourth-order valence-corrected chi connectivity index (χ4v) is 3.96. The lowest BCUT2D eigenvalue weighted by Gasteiger charge is -2.26. The molecule has 1 aromatic carbocycles. The molecule has 1 N–H and O–H groups in total. The molecule has 2 aliphatic rings. The summed E-state index contributed by atoms with van der Waals surface area (Å²) in [7, 11) is 0. The average molecular weight is 349 g/mol. The highest BCUT2D eigenvalue weighted by molar-refractivity contribution is 6.31. The number of morpholine rings is 1. The Balaban J connectivity index is 1.54. The first-order chi connectivity index (χ1) is 11.8. The fraction of sp³-hybridized carbons (Fsp3) is 0.611. The Hall–Kier alpha value is -1.14. The van der Waals surface area contributed by atoms with Crippen LogP contribution in [0.4, 0.5) is 0 Å². The summed E-state index contributed by atoms with van der Waals surface area (Å²) in [5.41, 5.74) is 2.21. The van der Waals surface area contributed by atoms with Crippen molar-refractivity contribution in [1.82, 2.24) is 19.8 Å². The predicted molar refractivity (Wildman–Crippen MR) is 96.6 cm³/mol. The molecular formula is C18H25ClN4O. The Morgan fingerprint density at radius 2 is 2.12 bits per heavy atom. The van der Waals surface area contributed by atoms with Gasteiger partial charge in [-0.2, -0.15) is 0 Å². The number of rotatable bonds is 5. The summed E-state index contributed by atoms with van der Waals surface area (Å²) >= 11 is 6.24. The second-order valence-electron chi connectivity index (χ2n) is 6.71. The van der Waals surface area contributed by atoms with Gasteiger partial charge in [0.15, 0.2) is 0 Å². The number of aryl methyl sites for hydroxylation is 1. The van der Waals surface area contributed by atoms with Crippen molar-refractivity contribution >= 4 is 22.6 Å². The van der Waals surface area contributed by atoms with Gasteiger partial charge >= 0.3 is 0 Å². The van der Waals surface area contributed by atoms with Gasteiger partial charge in [-0.25, -0.2) is 4.98 Å². The third kappa shape index (κ3) is 3.45. The first-order valence-electron chi connectivity index (χ1n) is 9.00. The van der Waals surface area contributed by atoms with E-state index in [9.17, 15) is 0 Å². The maximum Gasteiger partial charge on any atom is 0.127 e. The summed E-state index contributed by atoms with van der Waals surface area (Å²) in [5.74, 6) is 1.17. The molecule has 2 aliphatic heterocycles. The number of aromatic nitrogens is 2. The minimum Gasteiger partial charge on any atom is -0.379 e. The van der Waals surface area contributed by atoms with Crippen LogP contribution in [0, 0.1) is 0 Å². The summed E-state index contributed by atoms with van der Waals surface area (Å²) in [6, 6.07) is 6.39.